The maximum atomic E-state index is 10.8. The molecule has 0 unspecified atom stereocenters. The smallest absolute Gasteiger partial charge is 0.101 e. The molecule has 9 rings (SSSR count). The molecule has 4 heteroatoms. The fourth-order valence-electron chi connectivity index (χ4n) is 7.28. The van der Waals surface area contributed by atoms with Gasteiger partial charge in [0.15, 0.2) is 0 Å². The van der Waals surface area contributed by atoms with E-state index in [9.17, 15) is 10.5 Å². The summed E-state index contributed by atoms with van der Waals surface area (Å²) in [4.78, 5) is 0. The monoisotopic (exact) mass is 610 g/mol. The Kier molecular flexibility index (Phi) is 6.22. The lowest BCUT2D eigenvalue weighted by atomic mass is 10.0. The average Bonchev–Trinajstić information content (AvgIpc) is 3.68. The van der Waals surface area contributed by atoms with Crippen LogP contribution in [0.4, 0.5) is 0 Å². The first-order valence-corrected chi connectivity index (χ1v) is 15.9. The van der Waals surface area contributed by atoms with Crippen molar-refractivity contribution in [2.75, 3.05) is 0 Å². The van der Waals surface area contributed by atoms with Gasteiger partial charge in [-0.25, -0.2) is 0 Å². The Balaban J connectivity index is 1.50. The molecule has 48 heavy (non-hydrogen) atoms. The van der Waals surface area contributed by atoms with E-state index in [1.807, 2.05) is 42.5 Å². The maximum absolute atomic E-state index is 10.8. The van der Waals surface area contributed by atoms with Crippen molar-refractivity contribution in [3.05, 3.63) is 169 Å². The summed E-state index contributed by atoms with van der Waals surface area (Å²) in [6.45, 7) is 0. The first-order chi connectivity index (χ1) is 23.7. The van der Waals surface area contributed by atoms with Crippen molar-refractivity contribution in [2.24, 2.45) is 0 Å². The number of hydrogen-bond donors (Lipinski definition) is 0. The number of nitriles is 2. The van der Waals surface area contributed by atoms with Crippen LogP contribution in [0.2, 0.25) is 0 Å². The van der Waals surface area contributed by atoms with Crippen LogP contribution in [0, 0.1) is 22.7 Å². The van der Waals surface area contributed by atoms with Gasteiger partial charge in [-0.1, -0.05) is 121 Å². The molecule has 0 fully saturated rings. The fraction of sp³-hybridized carbons (Fsp3) is 0. The molecule has 7 aromatic carbocycles. The van der Waals surface area contributed by atoms with Crippen molar-refractivity contribution in [3.8, 4) is 45.8 Å². The number of para-hydroxylation sites is 2. The molecule has 0 atom stereocenters. The first kappa shape index (κ1) is 27.4. The molecule has 0 aliphatic heterocycles. The molecule has 9 aromatic rings. The minimum absolute atomic E-state index is 0.448. The van der Waals surface area contributed by atoms with Crippen LogP contribution in [0.1, 0.15) is 11.1 Å². The highest BCUT2D eigenvalue weighted by Gasteiger charge is 2.25. The van der Waals surface area contributed by atoms with E-state index in [-0.39, 0.29) is 0 Å². The van der Waals surface area contributed by atoms with E-state index < -0.39 is 0 Å². The lowest BCUT2D eigenvalue weighted by Crippen LogP contribution is -2.02. The number of benzene rings is 7. The van der Waals surface area contributed by atoms with Crippen molar-refractivity contribution in [1.82, 2.24) is 9.13 Å². The Labute approximate surface area is 277 Å². The van der Waals surface area contributed by atoms with E-state index in [1.165, 1.54) is 0 Å². The van der Waals surface area contributed by atoms with Crippen molar-refractivity contribution in [1.29, 1.82) is 10.5 Å². The van der Waals surface area contributed by atoms with Crippen molar-refractivity contribution >= 4 is 43.6 Å². The predicted molar refractivity (Wildman–Crippen MR) is 195 cm³/mol. The molecule has 0 amide bonds. The second-order valence-electron chi connectivity index (χ2n) is 12.0. The van der Waals surface area contributed by atoms with Gasteiger partial charge in [0.2, 0.25) is 0 Å². The number of hydrogen-bond acceptors (Lipinski definition) is 2. The molecule has 0 saturated heterocycles. The minimum atomic E-state index is 0.448. The molecule has 0 aliphatic rings. The fourth-order valence-corrected chi connectivity index (χ4v) is 7.28. The normalized spacial score (nSPS) is 11.3. The van der Waals surface area contributed by atoms with Crippen molar-refractivity contribution in [3.63, 3.8) is 0 Å². The zero-order valence-corrected chi connectivity index (χ0v) is 25.8. The zero-order chi connectivity index (χ0) is 32.2. The molecular formula is C44H26N4. The van der Waals surface area contributed by atoms with E-state index in [0.717, 1.165) is 77.2 Å². The van der Waals surface area contributed by atoms with Gasteiger partial charge in [0.1, 0.15) is 12.1 Å². The van der Waals surface area contributed by atoms with Crippen molar-refractivity contribution in [2.45, 2.75) is 0 Å². The largest absolute Gasteiger partial charge is 0.308 e. The quantitative estimate of drug-likeness (QED) is 0.199. The summed E-state index contributed by atoms with van der Waals surface area (Å²) in [5, 5.41) is 25.4. The molecule has 222 valence electrons. The third-order valence-electron chi connectivity index (χ3n) is 9.37. The molecule has 0 spiro atoms. The molecule has 2 aromatic heterocycles. The van der Waals surface area contributed by atoms with Gasteiger partial charge >= 0.3 is 0 Å². The SMILES string of the molecule is N#Cc1cc(C#N)c2c(c1-n1c3cc(-c4ccccc4)ccc3c3ccc(-c4ccccc4)cc31)c1ccccc1n2-c1ccccc1. The van der Waals surface area contributed by atoms with Crippen LogP contribution in [0.5, 0.6) is 0 Å². The minimum Gasteiger partial charge on any atom is -0.308 e. The Morgan fingerprint density at radius 2 is 0.917 bits per heavy atom. The van der Waals surface area contributed by atoms with Crippen LogP contribution in [-0.4, -0.2) is 9.13 Å². The molecule has 4 nitrogen and oxygen atoms in total. The third-order valence-corrected chi connectivity index (χ3v) is 9.37. The standard InChI is InChI=1S/C44H26N4/c45-27-33-24-34(28-46)44(42-38-18-10-11-19-39(38)47(43(33)42)35-16-8-3-9-17-35)48-40-25-31(29-12-4-1-5-13-29)20-22-36(40)37-23-21-32(26-41(37)48)30-14-6-2-7-15-30/h1-26H. The molecule has 0 aliphatic carbocycles. The van der Waals surface area contributed by atoms with Crippen molar-refractivity contribution < 1.29 is 0 Å². The second-order valence-corrected chi connectivity index (χ2v) is 12.0. The van der Waals surface area contributed by atoms with Gasteiger partial charge in [-0.15, -0.1) is 0 Å². The van der Waals surface area contributed by atoms with Gasteiger partial charge in [0.05, 0.1) is 38.9 Å². The average molecular weight is 611 g/mol. The summed E-state index contributed by atoms with van der Waals surface area (Å²) >= 11 is 0. The van der Waals surface area contributed by atoms with E-state index in [2.05, 4.69) is 130 Å². The van der Waals surface area contributed by atoms with E-state index in [1.54, 1.807) is 6.07 Å². The molecule has 2 heterocycles. The molecule has 0 saturated carbocycles. The maximum Gasteiger partial charge on any atom is 0.101 e. The number of rotatable bonds is 4. The summed E-state index contributed by atoms with van der Waals surface area (Å²) in [6, 6.07) is 59.0. The van der Waals surface area contributed by atoms with Crippen LogP contribution in [0.15, 0.2) is 158 Å². The van der Waals surface area contributed by atoms with Gasteiger partial charge in [-0.3, -0.25) is 0 Å². The Morgan fingerprint density at radius 1 is 0.396 bits per heavy atom. The van der Waals surface area contributed by atoms with E-state index in [4.69, 9.17) is 0 Å². The number of nitrogens with zero attached hydrogens (tertiary/aromatic N) is 4. The third kappa shape index (κ3) is 4.07. The molecule has 0 bridgehead atoms. The predicted octanol–water partition coefficient (Wildman–Crippen LogP) is 11.0. The number of aromatic nitrogens is 2. The summed E-state index contributed by atoms with van der Waals surface area (Å²) in [5.41, 5.74) is 10.8. The summed E-state index contributed by atoms with van der Waals surface area (Å²) in [7, 11) is 0. The zero-order valence-electron chi connectivity index (χ0n) is 25.8. The molecular weight excluding hydrogens is 585 g/mol. The van der Waals surface area contributed by atoms with Crippen LogP contribution in [-0.2, 0) is 0 Å². The van der Waals surface area contributed by atoms with Gasteiger partial charge in [0.25, 0.3) is 0 Å². The summed E-state index contributed by atoms with van der Waals surface area (Å²) < 4.78 is 4.42. The number of fused-ring (bicyclic) bond motifs is 6. The second kappa shape index (κ2) is 10.9. The molecule has 0 radical (unpaired) electrons. The van der Waals surface area contributed by atoms with E-state index in [0.29, 0.717) is 11.1 Å². The van der Waals surface area contributed by atoms with Gasteiger partial charge in [-0.05, 0) is 58.7 Å². The highest BCUT2D eigenvalue weighted by atomic mass is 15.0. The first-order valence-electron chi connectivity index (χ1n) is 15.9. The van der Waals surface area contributed by atoms with Gasteiger partial charge in [-0.2, -0.15) is 10.5 Å². The Hall–Kier alpha value is -6.88. The van der Waals surface area contributed by atoms with Gasteiger partial charge < -0.3 is 9.13 Å². The highest BCUT2D eigenvalue weighted by molar-refractivity contribution is 6.19. The topological polar surface area (TPSA) is 57.4 Å². The highest BCUT2D eigenvalue weighted by Crippen LogP contribution is 2.44. The summed E-state index contributed by atoms with van der Waals surface area (Å²) in [5.74, 6) is 0. The summed E-state index contributed by atoms with van der Waals surface area (Å²) in [6.07, 6.45) is 0. The lowest BCUT2D eigenvalue weighted by Gasteiger charge is -2.15. The van der Waals surface area contributed by atoms with Crippen LogP contribution in [0.3, 0.4) is 0 Å². The Bertz CT molecular complexity index is 2680. The molecule has 0 N–H and O–H groups in total. The van der Waals surface area contributed by atoms with Crippen LogP contribution < -0.4 is 0 Å². The lowest BCUT2D eigenvalue weighted by molar-refractivity contribution is 1.16. The van der Waals surface area contributed by atoms with E-state index >= 15 is 0 Å². The van der Waals surface area contributed by atoms with Crippen LogP contribution >= 0.6 is 0 Å². The van der Waals surface area contributed by atoms with Crippen LogP contribution in [0.25, 0.3) is 77.2 Å². The van der Waals surface area contributed by atoms with Gasteiger partial charge in [0, 0.05) is 27.2 Å². The Morgan fingerprint density at radius 3 is 1.48 bits per heavy atom.